The SMILES string of the molecule is O=C/C=C(\Cl)c1cc(C(F)(F)F)cc(C(F)(F)F)c1. The van der Waals surface area contributed by atoms with Crippen molar-refractivity contribution in [1.29, 1.82) is 0 Å². The lowest BCUT2D eigenvalue weighted by Gasteiger charge is -2.13. The predicted octanol–water partition coefficient (Wildman–Crippen LogP) is 4.50. The molecule has 0 unspecified atom stereocenters. The van der Waals surface area contributed by atoms with E-state index in [4.69, 9.17) is 11.6 Å². The van der Waals surface area contributed by atoms with Crippen LogP contribution in [0.3, 0.4) is 0 Å². The topological polar surface area (TPSA) is 17.1 Å². The molecule has 1 aromatic rings. The Morgan fingerprint density at radius 1 is 0.947 bits per heavy atom. The molecule has 0 fully saturated rings. The largest absolute Gasteiger partial charge is 0.416 e. The van der Waals surface area contributed by atoms with E-state index < -0.39 is 34.1 Å². The molecular weight excluding hydrogens is 298 g/mol. The van der Waals surface area contributed by atoms with Crippen LogP contribution in [-0.4, -0.2) is 6.29 Å². The number of carbonyl (C=O) groups is 1. The summed E-state index contributed by atoms with van der Waals surface area (Å²) in [6, 6.07) is 0.865. The summed E-state index contributed by atoms with van der Waals surface area (Å²) in [4.78, 5) is 10.1. The summed E-state index contributed by atoms with van der Waals surface area (Å²) in [6.07, 6.45) is -9.07. The Kier molecular flexibility index (Phi) is 4.29. The monoisotopic (exact) mass is 302 g/mol. The van der Waals surface area contributed by atoms with Crippen LogP contribution in [-0.2, 0) is 17.1 Å². The van der Waals surface area contributed by atoms with Crippen molar-refractivity contribution in [3.8, 4) is 0 Å². The molecule has 1 aromatic carbocycles. The van der Waals surface area contributed by atoms with Gasteiger partial charge in [0.05, 0.1) is 16.2 Å². The summed E-state index contributed by atoms with van der Waals surface area (Å²) in [7, 11) is 0. The molecule has 0 amide bonds. The molecular formula is C11H5ClF6O. The van der Waals surface area contributed by atoms with E-state index in [1.54, 1.807) is 0 Å². The quantitative estimate of drug-likeness (QED) is 0.446. The van der Waals surface area contributed by atoms with Gasteiger partial charge in [0.25, 0.3) is 0 Å². The summed E-state index contributed by atoms with van der Waals surface area (Å²) in [6.45, 7) is 0. The third-order valence-electron chi connectivity index (χ3n) is 2.08. The average molecular weight is 303 g/mol. The Morgan fingerprint density at radius 2 is 1.37 bits per heavy atom. The summed E-state index contributed by atoms with van der Waals surface area (Å²) in [5.41, 5.74) is -3.51. The van der Waals surface area contributed by atoms with E-state index in [0.29, 0.717) is 18.2 Å². The molecule has 0 heterocycles. The number of rotatable bonds is 2. The molecule has 0 aromatic heterocycles. The first-order valence-corrected chi connectivity index (χ1v) is 5.04. The molecule has 1 rings (SSSR count). The Morgan fingerprint density at radius 3 is 1.68 bits per heavy atom. The second kappa shape index (κ2) is 5.24. The molecule has 0 saturated heterocycles. The first kappa shape index (κ1) is 15.6. The number of alkyl halides is 6. The molecule has 0 aliphatic rings. The molecule has 19 heavy (non-hydrogen) atoms. The molecule has 1 nitrogen and oxygen atoms in total. The van der Waals surface area contributed by atoms with Crippen molar-refractivity contribution < 1.29 is 31.1 Å². The van der Waals surface area contributed by atoms with Crippen molar-refractivity contribution in [2.75, 3.05) is 0 Å². The van der Waals surface area contributed by atoms with Crippen LogP contribution in [0.15, 0.2) is 24.3 Å². The van der Waals surface area contributed by atoms with Crippen LogP contribution in [0, 0.1) is 0 Å². The summed E-state index contributed by atoms with van der Waals surface area (Å²) in [5, 5.41) is -0.508. The van der Waals surface area contributed by atoms with Gasteiger partial charge in [0.15, 0.2) is 0 Å². The van der Waals surface area contributed by atoms with Gasteiger partial charge in [-0.05, 0) is 29.8 Å². The van der Waals surface area contributed by atoms with E-state index in [2.05, 4.69) is 0 Å². The maximum Gasteiger partial charge on any atom is 0.416 e. The standard InChI is InChI=1S/C11H5ClF6O/c12-9(1-2-19)6-3-7(10(13,14)15)5-8(4-6)11(16,17)18/h1-5H/b9-1-. The summed E-state index contributed by atoms with van der Waals surface area (Å²) in [5.74, 6) is 0. The molecule has 0 spiro atoms. The first-order valence-electron chi connectivity index (χ1n) is 4.66. The normalized spacial score (nSPS) is 13.5. The van der Waals surface area contributed by atoms with Crippen LogP contribution in [0.2, 0.25) is 0 Å². The fourth-order valence-electron chi connectivity index (χ4n) is 1.25. The number of benzene rings is 1. The number of hydrogen-bond donors (Lipinski definition) is 0. The molecule has 104 valence electrons. The smallest absolute Gasteiger partial charge is 0.299 e. The third-order valence-corrected chi connectivity index (χ3v) is 2.42. The second-order valence-electron chi connectivity index (χ2n) is 3.45. The molecule has 0 atom stereocenters. The fraction of sp³-hybridized carbons (Fsp3) is 0.182. The van der Waals surface area contributed by atoms with Crippen LogP contribution in [0.4, 0.5) is 26.3 Å². The van der Waals surface area contributed by atoms with Crippen molar-refractivity contribution in [3.05, 3.63) is 41.0 Å². The molecule has 8 heteroatoms. The summed E-state index contributed by atoms with van der Waals surface area (Å²) < 4.78 is 74.9. The minimum absolute atomic E-state index is 0.0193. The Balaban J connectivity index is 3.50. The number of halogens is 7. The van der Waals surface area contributed by atoms with Crippen molar-refractivity contribution in [2.24, 2.45) is 0 Å². The van der Waals surface area contributed by atoms with Gasteiger partial charge in [-0.1, -0.05) is 11.6 Å². The zero-order chi connectivity index (χ0) is 14.8. The zero-order valence-corrected chi connectivity index (χ0v) is 9.70. The van der Waals surface area contributed by atoms with Gasteiger partial charge in [-0.15, -0.1) is 0 Å². The highest BCUT2D eigenvalue weighted by molar-refractivity contribution is 6.49. The lowest BCUT2D eigenvalue weighted by Crippen LogP contribution is -2.11. The lowest BCUT2D eigenvalue weighted by molar-refractivity contribution is -0.143. The van der Waals surface area contributed by atoms with E-state index in [1.165, 1.54) is 0 Å². The van der Waals surface area contributed by atoms with Crippen LogP contribution < -0.4 is 0 Å². The minimum atomic E-state index is -4.95. The second-order valence-corrected chi connectivity index (χ2v) is 3.85. The predicted molar refractivity (Wildman–Crippen MR) is 56.3 cm³/mol. The van der Waals surface area contributed by atoms with Crippen molar-refractivity contribution >= 4 is 22.9 Å². The van der Waals surface area contributed by atoms with Crippen LogP contribution in [0.1, 0.15) is 16.7 Å². The van der Waals surface area contributed by atoms with Gasteiger partial charge in [0, 0.05) is 0 Å². The Hall–Kier alpha value is -1.50. The molecule has 0 aliphatic carbocycles. The highest BCUT2D eigenvalue weighted by Crippen LogP contribution is 2.38. The van der Waals surface area contributed by atoms with E-state index in [-0.39, 0.29) is 12.4 Å². The first-order chi connectivity index (χ1) is 8.55. The number of allylic oxidation sites excluding steroid dienone is 1. The number of hydrogen-bond acceptors (Lipinski definition) is 1. The van der Waals surface area contributed by atoms with Gasteiger partial charge in [-0.3, -0.25) is 4.79 Å². The van der Waals surface area contributed by atoms with Crippen LogP contribution in [0.5, 0.6) is 0 Å². The lowest BCUT2D eigenvalue weighted by atomic mass is 10.0. The molecule has 0 aliphatic heterocycles. The van der Waals surface area contributed by atoms with E-state index >= 15 is 0 Å². The van der Waals surface area contributed by atoms with Gasteiger partial charge in [0.2, 0.25) is 0 Å². The average Bonchev–Trinajstić information content (AvgIpc) is 2.26. The van der Waals surface area contributed by atoms with Crippen molar-refractivity contribution in [2.45, 2.75) is 12.4 Å². The summed E-state index contributed by atoms with van der Waals surface area (Å²) >= 11 is 5.45. The molecule has 0 radical (unpaired) electrons. The van der Waals surface area contributed by atoms with Gasteiger partial charge < -0.3 is 0 Å². The van der Waals surface area contributed by atoms with Crippen LogP contribution in [0.25, 0.3) is 5.03 Å². The number of carbonyl (C=O) groups excluding carboxylic acids is 1. The Labute approximate surface area is 108 Å². The van der Waals surface area contributed by atoms with Gasteiger partial charge in [0.1, 0.15) is 6.29 Å². The zero-order valence-electron chi connectivity index (χ0n) is 8.94. The number of aldehydes is 1. The van der Waals surface area contributed by atoms with Crippen molar-refractivity contribution in [1.82, 2.24) is 0 Å². The highest BCUT2D eigenvalue weighted by atomic mass is 35.5. The molecule has 0 saturated carbocycles. The maximum atomic E-state index is 12.5. The van der Waals surface area contributed by atoms with E-state index in [1.807, 2.05) is 0 Å². The van der Waals surface area contributed by atoms with E-state index in [9.17, 15) is 31.1 Å². The highest BCUT2D eigenvalue weighted by Gasteiger charge is 2.37. The van der Waals surface area contributed by atoms with Gasteiger partial charge >= 0.3 is 12.4 Å². The third kappa shape index (κ3) is 3.99. The van der Waals surface area contributed by atoms with Gasteiger partial charge in [-0.25, -0.2) is 0 Å². The molecule has 0 bridgehead atoms. The van der Waals surface area contributed by atoms with Crippen LogP contribution >= 0.6 is 11.6 Å². The Bertz CT molecular complexity index is 483. The van der Waals surface area contributed by atoms with Gasteiger partial charge in [-0.2, -0.15) is 26.3 Å². The molecule has 0 N–H and O–H groups in total. The van der Waals surface area contributed by atoms with Crippen molar-refractivity contribution in [3.63, 3.8) is 0 Å². The fourth-order valence-corrected chi connectivity index (χ4v) is 1.41. The van der Waals surface area contributed by atoms with E-state index in [0.717, 1.165) is 0 Å². The maximum absolute atomic E-state index is 12.5. The minimum Gasteiger partial charge on any atom is -0.299 e.